The Morgan fingerprint density at radius 1 is 1.35 bits per heavy atom. The lowest BCUT2D eigenvalue weighted by Crippen LogP contribution is -2.22. The molecule has 17 heavy (non-hydrogen) atoms. The van der Waals surface area contributed by atoms with Gasteiger partial charge < -0.3 is 5.32 Å². The molecule has 0 bridgehead atoms. The summed E-state index contributed by atoms with van der Waals surface area (Å²) in [7, 11) is 0. The van der Waals surface area contributed by atoms with Gasteiger partial charge in [-0.05, 0) is 42.4 Å². The van der Waals surface area contributed by atoms with E-state index >= 15 is 0 Å². The third-order valence-electron chi connectivity index (χ3n) is 3.68. The zero-order chi connectivity index (χ0) is 12.5. The normalized spacial score (nSPS) is 26.5. The lowest BCUT2D eigenvalue weighted by Gasteiger charge is -2.19. The van der Waals surface area contributed by atoms with Crippen LogP contribution in [-0.4, -0.2) is 6.04 Å². The second-order valence-corrected chi connectivity index (χ2v) is 5.99. The fourth-order valence-corrected chi connectivity index (χ4v) is 2.98. The summed E-state index contributed by atoms with van der Waals surface area (Å²) in [4.78, 5) is 0. The van der Waals surface area contributed by atoms with E-state index in [1.165, 1.54) is 12.8 Å². The molecule has 0 spiro atoms. The third kappa shape index (κ3) is 2.79. The molecule has 90 valence electrons. The summed E-state index contributed by atoms with van der Waals surface area (Å²) in [6.45, 7) is 6.97. The summed E-state index contributed by atoms with van der Waals surface area (Å²) in [5.74, 6) is 0.691. The van der Waals surface area contributed by atoms with Crippen LogP contribution in [0.3, 0.4) is 0 Å². The molecule has 0 aliphatic heterocycles. The minimum absolute atomic E-state index is 0.434. The van der Waals surface area contributed by atoms with Gasteiger partial charge in [0.25, 0.3) is 0 Å². The summed E-state index contributed by atoms with van der Waals surface area (Å²) >= 11 is 0. The average molecular weight is 228 g/mol. The molecule has 1 fully saturated rings. The van der Waals surface area contributed by atoms with Crippen LogP contribution in [0.15, 0.2) is 24.3 Å². The van der Waals surface area contributed by atoms with Crippen molar-refractivity contribution in [3.05, 3.63) is 29.8 Å². The summed E-state index contributed by atoms with van der Waals surface area (Å²) in [6, 6.07) is 10.5. The van der Waals surface area contributed by atoms with Crippen LogP contribution in [0.4, 0.5) is 5.69 Å². The van der Waals surface area contributed by atoms with Crippen LogP contribution >= 0.6 is 0 Å². The first kappa shape index (κ1) is 12.0. The van der Waals surface area contributed by atoms with Crippen molar-refractivity contribution >= 4 is 5.69 Å². The lowest BCUT2D eigenvalue weighted by molar-refractivity contribution is 0.366. The van der Waals surface area contributed by atoms with Gasteiger partial charge in [-0.15, -0.1) is 0 Å². The van der Waals surface area contributed by atoms with Crippen molar-refractivity contribution in [3.8, 4) is 6.07 Å². The molecule has 1 N–H and O–H groups in total. The number of hydrogen-bond donors (Lipinski definition) is 1. The van der Waals surface area contributed by atoms with E-state index in [4.69, 9.17) is 5.26 Å². The number of rotatable bonds is 2. The first-order valence-electron chi connectivity index (χ1n) is 6.27. The molecule has 2 atom stereocenters. The molecule has 2 rings (SSSR count). The Morgan fingerprint density at radius 2 is 2.12 bits per heavy atom. The molecule has 0 saturated heterocycles. The van der Waals surface area contributed by atoms with Gasteiger partial charge in [-0.2, -0.15) is 5.26 Å². The Kier molecular flexibility index (Phi) is 3.11. The monoisotopic (exact) mass is 228 g/mol. The fraction of sp³-hybridized carbons (Fsp3) is 0.533. The van der Waals surface area contributed by atoms with Gasteiger partial charge in [0.15, 0.2) is 0 Å². The minimum Gasteiger partial charge on any atom is -0.382 e. The number of nitrogens with one attached hydrogen (secondary N) is 1. The first-order valence-corrected chi connectivity index (χ1v) is 6.27. The van der Waals surface area contributed by atoms with E-state index in [1.807, 2.05) is 24.3 Å². The molecular weight excluding hydrogens is 208 g/mol. The average Bonchev–Trinajstić information content (AvgIpc) is 2.52. The highest BCUT2D eigenvalue weighted by molar-refractivity contribution is 5.50. The van der Waals surface area contributed by atoms with E-state index in [1.54, 1.807) is 0 Å². The van der Waals surface area contributed by atoms with E-state index in [2.05, 4.69) is 32.2 Å². The molecule has 1 aliphatic carbocycles. The van der Waals surface area contributed by atoms with Crippen molar-refractivity contribution in [2.45, 2.75) is 39.7 Å². The zero-order valence-corrected chi connectivity index (χ0v) is 10.8. The number of hydrogen-bond acceptors (Lipinski definition) is 2. The van der Waals surface area contributed by atoms with Gasteiger partial charge >= 0.3 is 0 Å². The van der Waals surface area contributed by atoms with E-state index in [9.17, 15) is 0 Å². The second-order valence-electron chi connectivity index (χ2n) is 5.99. The molecule has 2 heteroatoms. The highest BCUT2D eigenvalue weighted by Crippen LogP contribution is 2.42. The second kappa shape index (κ2) is 4.41. The van der Waals surface area contributed by atoms with Crippen molar-refractivity contribution in [1.29, 1.82) is 5.26 Å². The molecule has 0 heterocycles. The predicted molar refractivity (Wildman–Crippen MR) is 70.7 cm³/mol. The molecule has 1 aromatic carbocycles. The topological polar surface area (TPSA) is 35.8 Å². The van der Waals surface area contributed by atoms with Gasteiger partial charge in [-0.25, -0.2) is 0 Å². The summed E-state index contributed by atoms with van der Waals surface area (Å²) in [5, 5.41) is 12.5. The smallest absolute Gasteiger partial charge is 0.0992 e. The van der Waals surface area contributed by atoms with Crippen LogP contribution in [0.25, 0.3) is 0 Å². The van der Waals surface area contributed by atoms with E-state index in [-0.39, 0.29) is 0 Å². The number of anilines is 1. The van der Waals surface area contributed by atoms with Gasteiger partial charge in [0, 0.05) is 11.7 Å². The van der Waals surface area contributed by atoms with Crippen LogP contribution in [0.2, 0.25) is 0 Å². The molecule has 2 unspecified atom stereocenters. The Balaban J connectivity index is 2.09. The third-order valence-corrected chi connectivity index (χ3v) is 3.68. The van der Waals surface area contributed by atoms with Crippen molar-refractivity contribution in [3.63, 3.8) is 0 Å². The highest BCUT2D eigenvalue weighted by Gasteiger charge is 2.36. The van der Waals surface area contributed by atoms with Gasteiger partial charge in [0.2, 0.25) is 0 Å². The summed E-state index contributed by atoms with van der Waals surface area (Å²) in [5.41, 5.74) is 2.22. The largest absolute Gasteiger partial charge is 0.382 e. The summed E-state index contributed by atoms with van der Waals surface area (Å²) in [6.07, 6.45) is 2.47. The Bertz CT molecular complexity index is 442. The van der Waals surface area contributed by atoms with Crippen LogP contribution in [-0.2, 0) is 0 Å². The Morgan fingerprint density at radius 3 is 2.71 bits per heavy atom. The lowest BCUT2D eigenvalue weighted by atomic mass is 9.91. The maximum atomic E-state index is 8.88. The zero-order valence-electron chi connectivity index (χ0n) is 10.8. The number of benzene rings is 1. The SMILES string of the molecule is CC1CC(C)(C)CC1Nc1cccc(C#N)c1. The number of nitrogens with zero attached hydrogens (tertiary/aromatic N) is 1. The van der Waals surface area contributed by atoms with Crippen LogP contribution < -0.4 is 5.32 Å². The summed E-state index contributed by atoms with van der Waals surface area (Å²) < 4.78 is 0. The maximum absolute atomic E-state index is 8.88. The minimum atomic E-state index is 0.434. The molecule has 1 aromatic rings. The molecule has 1 aliphatic rings. The quantitative estimate of drug-likeness (QED) is 0.835. The maximum Gasteiger partial charge on any atom is 0.0992 e. The fourth-order valence-electron chi connectivity index (χ4n) is 2.98. The Hall–Kier alpha value is -1.49. The highest BCUT2D eigenvalue weighted by atomic mass is 14.9. The van der Waals surface area contributed by atoms with Gasteiger partial charge in [-0.3, -0.25) is 0 Å². The van der Waals surface area contributed by atoms with Crippen LogP contribution in [0.1, 0.15) is 39.2 Å². The van der Waals surface area contributed by atoms with Crippen molar-refractivity contribution < 1.29 is 0 Å². The molecule has 0 radical (unpaired) electrons. The van der Waals surface area contributed by atoms with Crippen molar-refractivity contribution in [2.24, 2.45) is 11.3 Å². The van der Waals surface area contributed by atoms with E-state index < -0.39 is 0 Å². The van der Waals surface area contributed by atoms with Gasteiger partial charge in [0.1, 0.15) is 0 Å². The van der Waals surface area contributed by atoms with Crippen molar-refractivity contribution in [1.82, 2.24) is 0 Å². The molecule has 0 aromatic heterocycles. The standard InChI is InChI=1S/C15H20N2/c1-11-8-15(2,3)9-14(11)17-13-6-4-5-12(7-13)10-16/h4-7,11,14,17H,8-9H2,1-3H3. The molecular formula is C15H20N2. The van der Waals surface area contributed by atoms with Gasteiger partial charge in [-0.1, -0.05) is 26.8 Å². The Labute approximate surface area is 104 Å². The van der Waals surface area contributed by atoms with Gasteiger partial charge in [0.05, 0.1) is 11.6 Å². The number of nitriles is 1. The molecule has 1 saturated carbocycles. The van der Waals surface area contributed by atoms with E-state index in [0.717, 1.165) is 11.3 Å². The molecule has 0 amide bonds. The molecule has 2 nitrogen and oxygen atoms in total. The van der Waals surface area contributed by atoms with E-state index in [0.29, 0.717) is 17.4 Å². The van der Waals surface area contributed by atoms with Crippen LogP contribution in [0.5, 0.6) is 0 Å². The van der Waals surface area contributed by atoms with Crippen LogP contribution in [0, 0.1) is 22.7 Å². The first-order chi connectivity index (χ1) is 8.00. The van der Waals surface area contributed by atoms with Crippen molar-refractivity contribution in [2.75, 3.05) is 5.32 Å². The predicted octanol–water partition coefficient (Wildman–Crippen LogP) is 3.79.